The van der Waals surface area contributed by atoms with E-state index in [9.17, 15) is 33.3 Å². The standard InChI is InChI=1S/C35H40FN9O7S/c1-37-30(48)8-4-21(18-46)45-27-6-3-20(13-28(27)42(2)35(45)51)19-9-11-43(12-10-19)16-31(49)38-24-14-23(24)26-15-25(39-40-26)22-5-7-29(47)34(33(22)36)44-17-32(50)41-53(44)52/h3,5-7,13,15,18-19,21,23-24,47H,4,8-12,14,16-17H2,1-2H3,(H,37,48)(H,38,49)(H,39,40)(H,41,50). The number of likely N-dealkylation sites (tertiary alicyclic amines) is 1. The van der Waals surface area contributed by atoms with Crippen LogP contribution in [0.2, 0.25) is 0 Å². The molecule has 2 aliphatic heterocycles. The fourth-order valence-electron chi connectivity index (χ4n) is 7.38. The highest BCUT2D eigenvalue weighted by molar-refractivity contribution is 7.85. The minimum Gasteiger partial charge on any atom is -0.506 e. The lowest BCUT2D eigenvalue weighted by atomic mass is 9.89. The van der Waals surface area contributed by atoms with Gasteiger partial charge in [0.05, 0.1) is 29.3 Å². The van der Waals surface area contributed by atoms with Crippen molar-refractivity contribution in [1.82, 2.24) is 39.6 Å². The number of amides is 3. The van der Waals surface area contributed by atoms with Crippen molar-refractivity contribution in [3.63, 3.8) is 0 Å². The van der Waals surface area contributed by atoms with Gasteiger partial charge in [-0.1, -0.05) is 6.07 Å². The Morgan fingerprint density at radius 1 is 1.13 bits per heavy atom. The molecule has 2 aromatic carbocycles. The maximum Gasteiger partial charge on any atom is 0.329 e. The minimum absolute atomic E-state index is 0.0307. The van der Waals surface area contributed by atoms with E-state index in [1.54, 1.807) is 13.1 Å². The molecule has 280 valence electrons. The second-order valence-electron chi connectivity index (χ2n) is 13.8. The number of aromatic nitrogens is 4. The van der Waals surface area contributed by atoms with Gasteiger partial charge in [-0.15, -0.1) is 0 Å². The molecule has 4 aromatic rings. The van der Waals surface area contributed by atoms with Gasteiger partial charge in [0.15, 0.2) is 5.82 Å². The summed E-state index contributed by atoms with van der Waals surface area (Å²) in [5.74, 6) is -1.95. The molecule has 1 aliphatic carbocycles. The molecular weight excluding hydrogens is 710 g/mol. The second kappa shape index (κ2) is 14.6. The van der Waals surface area contributed by atoms with Crippen LogP contribution in [0, 0.1) is 5.82 Å². The molecule has 4 atom stereocenters. The summed E-state index contributed by atoms with van der Waals surface area (Å²) in [7, 11) is 3.21. The fraction of sp³-hybridized carbons (Fsp3) is 0.429. The average Bonchev–Trinajstić information content (AvgIpc) is 3.44. The molecule has 7 rings (SSSR count). The normalized spacial score (nSPS) is 21.1. The quantitative estimate of drug-likeness (QED) is 0.132. The van der Waals surface area contributed by atoms with E-state index in [4.69, 9.17) is 0 Å². The van der Waals surface area contributed by atoms with E-state index < -0.39 is 34.7 Å². The zero-order valence-corrected chi connectivity index (χ0v) is 30.0. The maximum atomic E-state index is 15.6. The smallest absolute Gasteiger partial charge is 0.329 e. The van der Waals surface area contributed by atoms with E-state index >= 15 is 4.39 Å². The zero-order chi connectivity index (χ0) is 37.6. The Hall–Kier alpha value is -5.36. The Balaban J connectivity index is 0.925. The summed E-state index contributed by atoms with van der Waals surface area (Å²) >= 11 is -2.02. The number of phenols is 1. The molecule has 4 heterocycles. The highest BCUT2D eigenvalue weighted by Gasteiger charge is 2.41. The van der Waals surface area contributed by atoms with Crippen LogP contribution in [0.3, 0.4) is 0 Å². The average molecular weight is 750 g/mol. The van der Waals surface area contributed by atoms with Gasteiger partial charge in [-0.25, -0.2) is 13.4 Å². The number of imidazole rings is 1. The van der Waals surface area contributed by atoms with E-state index in [2.05, 4.69) is 30.5 Å². The third kappa shape index (κ3) is 7.07. The Bertz CT molecular complexity index is 2190. The molecule has 4 unspecified atom stereocenters. The highest BCUT2D eigenvalue weighted by Crippen LogP contribution is 2.42. The summed E-state index contributed by atoms with van der Waals surface area (Å²) in [6.07, 6.45) is 3.41. The van der Waals surface area contributed by atoms with Crippen LogP contribution in [0.25, 0.3) is 22.3 Å². The molecule has 16 nitrogen and oxygen atoms in total. The Morgan fingerprint density at radius 3 is 2.60 bits per heavy atom. The number of phenolic OH excluding ortho intramolecular Hbond substituents is 1. The highest BCUT2D eigenvalue weighted by atomic mass is 32.2. The lowest BCUT2D eigenvalue weighted by Crippen LogP contribution is -2.42. The van der Waals surface area contributed by atoms with E-state index in [1.165, 1.54) is 28.3 Å². The van der Waals surface area contributed by atoms with Crippen molar-refractivity contribution in [2.45, 2.75) is 56.0 Å². The van der Waals surface area contributed by atoms with Crippen molar-refractivity contribution in [1.29, 1.82) is 0 Å². The summed E-state index contributed by atoms with van der Waals surface area (Å²) in [4.78, 5) is 63.6. The number of rotatable bonds is 12. The summed E-state index contributed by atoms with van der Waals surface area (Å²) in [5, 5.41) is 23.1. The number of carbonyl (C=O) groups excluding carboxylic acids is 4. The second-order valence-corrected chi connectivity index (χ2v) is 14.9. The number of nitrogens with one attached hydrogen (secondary N) is 4. The summed E-state index contributed by atoms with van der Waals surface area (Å²) in [5.41, 5.74) is 2.83. The topological polar surface area (TPSA) is 204 Å². The SMILES string of the molecule is CNC(=O)CCC(C=O)n1c(=O)n(C)c2cc(C3CCN(CC(=O)NC4CC4c4cc(-c5ccc(O)c(N6CC(=O)NS6=O)c5F)n[nH]4)CC3)ccc21. The number of aldehydes is 1. The van der Waals surface area contributed by atoms with Gasteiger partial charge in [0, 0.05) is 43.7 Å². The van der Waals surface area contributed by atoms with Gasteiger partial charge in [0.2, 0.25) is 23.0 Å². The largest absolute Gasteiger partial charge is 0.506 e. The van der Waals surface area contributed by atoms with Crippen molar-refractivity contribution < 1.29 is 32.9 Å². The first-order valence-electron chi connectivity index (χ1n) is 17.4. The molecule has 2 saturated heterocycles. The first-order chi connectivity index (χ1) is 25.5. The number of aryl methyl sites for hydroxylation is 1. The third-order valence-electron chi connectivity index (χ3n) is 10.4. The molecule has 53 heavy (non-hydrogen) atoms. The van der Waals surface area contributed by atoms with E-state index in [1.807, 2.05) is 18.2 Å². The van der Waals surface area contributed by atoms with Crippen molar-refractivity contribution in [3.8, 4) is 17.0 Å². The number of aromatic hydroxyl groups is 1. The van der Waals surface area contributed by atoms with Crippen LogP contribution < -0.4 is 25.4 Å². The first-order valence-corrected chi connectivity index (χ1v) is 18.5. The summed E-state index contributed by atoms with van der Waals surface area (Å²) < 4.78 is 33.9. The summed E-state index contributed by atoms with van der Waals surface area (Å²) in [6, 6.07) is 9.30. The van der Waals surface area contributed by atoms with Crippen LogP contribution in [-0.2, 0) is 37.4 Å². The molecule has 3 aliphatic rings. The van der Waals surface area contributed by atoms with Gasteiger partial charge in [-0.3, -0.25) is 42.5 Å². The first kappa shape index (κ1) is 36.0. The number of H-pyrrole nitrogens is 1. The number of halogens is 1. The Labute approximate surface area is 305 Å². The number of benzene rings is 2. The molecule has 3 fully saturated rings. The van der Waals surface area contributed by atoms with Crippen molar-refractivity contribution in [2.75, 3.05) is 37.5 Å². The molecular formula is C35H40FN9O7S. The number of fused-ring (bicyclic) bond motifs is 1. The van der Waals surface area contributed by atoms with Gasteiger partial charge >= 0.3 is 5.69 Å². The van der Waals surface area contributed by atoms with Crippen molar-refractivity contribution in [2.24, 2.45) is 7.05 Å². The lowest BCUT2D eigenvalue weighted by molar-refractivity contribution is -0.123. The van der Waals surface area contributed by atoms with Gasteiger partial charge in [0.1, 0.15) is 24.3 Å². The fourth-order valence-corrected chi connectivity index (χ4v) is 8.33. The minimum atomic E-state index is -2.02. The van der Waals surface area contributed by atoms with Crippen molar-refractivity contribution >= 4 is 51.9 Å². The number of carbonyl (C=O) groups is 4. The van der Waals surface area contributed by atoms with Crippen LogP contribution in [-0.4, -0.2) is 96.8 Å². The van der Waals surface area contributed by atoms with Crippen molar-refractivity contribution in [3.05, 3.63) is 64.0 Å². The molecule has 18 heteroatoms. The number of anilines is 1. The lowest BCUT2D eigenvalue weighted by Gasteiger charge is -2.31. The van der Waals surface area contributed by atoms with E-state index in [0.717, 1.165) is 47.0 Å². The molecule has 0 bridgehead atoms. The van der Waals surface area contributed by atoms with Gasteiger partial charge in [-0.2, -0.15) is 5.10 Å². The van der Waals surface area contributed by atoms with Crippen LogP contribution in [0.5, 0.6) is 5.75 Å². The van der Waals surface area contributed by atoms with E-state index in [-0.39, 0.29) is 78.3 Å². The Morgan fingerprint density at radius 2 is 1.91 bits per heavy atom. The molecule has 0 radical (unpaired) electrons. The number of hydrogen-bond donors (Lipinski definition) is 5. The zero-order valence-electron chi connectivity index (χ0n) is 29.1. The van der Waals surface area contributed by atoms with Gasteiger partial charge < -0.3 is 20.5 Å². The Kier molecular flexibility index (Phi) is 9.91. The monoisotopic (exact) mass is 749 g/mol. The van der Waals surface area contributed by atoms with Gasteiger partial charge in [0.25, 0.3) is 5.91 Å². The number of aromatic amines is 1. The molecule has 3 amide bonds. The number of nitrogens with zero attached hydrogens (tertiary/aromatic N) is 5. The molecule has 2 aromatic heterocycles. The molecule has 5 N–H and O–H groups in total. The van der Waals surface area contributed by atoms with Gasteiger partial charge in [-0.05, 0) is 80.6 Å². The number of hydrogen-bond acceptors (Lipinski definition) is 9. The maximum absolute atomic E-state index is 15.6. The third-order valence-corrected chi connectivity index (χ3v) is 11.5. The molecule has 1 saturated carbocycles. The summed E-state index contributed by atoms with van der Waals surface area (Å²) in [6.45, 7) is 1.32. The van der Waals surface area contributed by atoms with Crippen LogP contribution in [0.15, 0.2) is 41.2 Å². The predicted octanol–water partition coefficient (Wildman–Crippen LogP) is 1.21. The number of piperidine rings is 1. The van der Waals surface area contributed by atoms with Crippen LogP contribution >= 0.6 is 0 Å². The van der Waals surface area contributed by atoms with Crippen LogP contribution in [0.4, 0.5) is 10.1 Å². The predicted molar refractivity (Wildman–Crippen MR) is 193 cm³/mol. The molecule has 0 spiro atoms. The van der Waals surface area contributed by atoms with E-state index in [0.29, 0.717) is 18.2 Å². The van der Waals surface area contributed by atoms with Crippen LogP contribution in [0.1, 0.15) is 61.2 Å².